The van der Waals surface area contributed by atoms with E-state index in [2.05, 4.69) is 0 Å². The van der Waals surface area contributed by atoms with Gasteiger partial charge in [-0.2, -0.15) is 0 Å². The van der Waals surface area contributed by atoms with Gasteiger partial charge in [-0.3, -0.25) is 4.79 Å². The minimum Gasteiger partial charge on any atom is -0.485 e. The minimum absolute atomic E-state index is 0.101. The molecule has 2 heterocycles. The summed E-state index contributed by atoms with van der Waals surface area (Å²) >= 11 is 1.42. The Morgan fingerprint density at radius 2 is 2.05 bits per heavy atom. The van der Waals surface area contributed by atoms with Crippen molar-refractivity contribution in [3.8, 4) is 11.5 Å². The predicted molar refractivity (Wildman–Crippen MR) is 71.9 cm³/mol. The van der Waals surface area contributed by atoms with Crippen molar-refractivity contribution in [1.29, 1.82) is 0 Å². The van der Waals surface area contributed by atoms with Crippen LogP contribution in [0.4, 0.5) is 0 Å². The lowest BCUT2D eigenvalue weighted by molar-refractivity contribution is -0.152. The second-order valence-electron chi connectivity index (χ2n) is 4.53. The van der Waals surface area contributed by atoms with Gasteiger partial charge in [0.05, 0.1) is 5.88 Å². The first kappa shape index (κ1) is 13.1. The Hall–Kier alpha value is -1.89. The molecule has 1 aromatic rings. The molecule has 0 radical (unpaired) electrons. The number of ether oxygens (including phenoxy) is 2. The van der Waals surface area contributed by atoms with E-state index in [4.69, 9.17) is 14.6 Å². The Labute approximate surface area is 119 Å². The quantitative estimate of drug-likeness (QED) is 0.870. The van der Waals surface area contributed by atoms with Crippen molar-refractivity contribution in [2.45, 2.75) is 12.1 Å². The summed E-state index contributed by atoms with van der Waals surface area (Å²) in [5, 5.41) is 9.11. The zero-order chi connectivity index (χ0) is 14.1. The van der Waals surface area contributed by atoms with Crippen LogP contribution in [0.2, 0.25) is 0 Å². The summed E-state index contributed by atoms with van der Waals surface area (Å²) in [6.45, 7) is 0.101. The van der Waals surface area contributed by atoms with Crippen molar-refractivity contribution in [2.75, 3.05) is 18.2 Å². The van der Waals surface area contributed by atoms with Crippen LogP contribution in [0.25, 0.3) is 0 Å². The highest BCUT2D eigenvalue weighted by Crippen LogP contribution is 2.32. The zero-order valence-corrected chi connectivity index (χ0v) is 11.3. The van der Waals surface area contributed by atoms with Crippen molar-refractivity contribution in [3.05, 3.63) is 24.3 Å². The fourth-order valence-corrected chi connectivity index (χ4v) is 3.35. The molecule has 3 rings (SSSR count). The summed E-state index contributed by atoms with van der Waals surface area (Å²) in [6, 6.07) is 6.32. The van der Waals surface area contributed by atoms with E-state index in [1.54, 1.807) is 18.2 Å². The average molecular weight is 295 g/mol. The maximum atomic E-state index is 12.4. The molecule has 2 aliphatic rings. The number of carbonyl (C=O) groups is 2. The standard InChI is InChI=1S/C13H13NO5S/c15-12(14-7-20-6-8(14)13(16)17)11-5-18-9-3-1-2-4-10(9)19-11/h1-4,8,11H,5-7H2,(H,16,17). The van der Waals surface area contributed by atoms with Gasteiger partial charge in [0, 0.05) is 5.75 Å². The van der Waals surface area contributed by atoms with Crippen LogP contribution in [0.1, 0.15) is 0 Å². The molecule has 0 aliphatic carbocycles. The average Bonchev–Trinajstić information content (AvgIpc) is 2.95. The Morgan fingerprint density at radius 3 is 2.80 bits per heavy atom. The first-order chi connectivity index (χ1) is 9.66. The van der Waals surface area contributed by atoms with E-state index in [9.17, 15) is 9.59 Å². The van der Waals surface area contributed by atoms with E-state index in [-0.39, 0.29) is 12.5 Å². The number of nitrogens with zero attached hydrogens (tertiary/aromatic N) is 1. The highest BCUT2D eigenvalue weighted by Gasteiger charge is 2.40. The van der Waals surface area contributed by atoms with Crippen LogP contribution in [-0.2, 0) is 9.59 Å². The molecular formula is C13H13NO5S. The van der Waals surface area contributed by atoms with Gasteiger partial charge in [0.2, 0.25) is 6.10 Å². The number of hydrogen-bond donors (Lipinski definition) is 1. The number of carbonyl (C=O) groups excluding carboxylic acids is 1. The van der Waals surface area contributed by atoms with Crippen LogP contribution in [0, 0.1) is 0 Å². The van der Waals surface area contributed by atoms with Gasteiger partial charge in [-0.15, -0.1) is 11.8 Å². The lowest BCUT2D eigenvalue weighted by Crippen LogP contribution is -2.50. The number of amides is 1. The third kappa shape index (κ3) is 2.29. The fourth-order valence-electron chi connectivity index (χ4n) is 2.19. The lowest BCUT2D eigenvalue weighted by atomic mass is 10.2. The number of carboxylic acids is 1. The normalized spacial score (nSPS) is 24.5. The summed E-state index contributed by atoms with van der Waals surface area (Å²) in [5.41, 5.74) is 0. The second kappa shape index (κ2) is 5.24. The van der Waals surface area contributed by atoms with Crippen LogP contribution >= 0.6 is 11.8 Å². The molecule has 1 saturated heterocycles. The Balaban J connectivity index is 1.74. The molecule has 20 heavy (non-hydrogen) atoms. The summed E-state index contributed by atoms with van der Waals surface area (Å²) in [5.74, 6) is 0.568. The third-order valence-corrected chi connectivity index (χ3v) is 4.25. The molecule has 0 saturated carbocycles. The molecule has 2 unspecified atom stereocenters. The van der Waals surface area contributed by atoms with Crippen molar-refractivity contribution in [2.24, 2.45) is 0 Å². The van der Waals surface area contributed by atoms with E-state index in [0.29, 0.717) is 23.1 Å². The maximum absolute atomic E-state index is 12.4. The molecule has 0 aromatic heterocycles. The Kier molecular flexibility index (Phi) is 3.43. The van der Waals surface area contributed by atoms with Crippen LogP contribution in [0.5, 0.6) is 11.5 Å². The number of fused-ring (bicyclic) bond motifs is 1. The van der Waals surface area contributed by atoms with Crippen LogP contribution in [0.15, 0.2) is 24.3 Å². The molecule has 7 heteroatoms. The summed E-state index contributed by atoms with van der Waals surface area (Å²) in [4.78, 5) is 24.8. The first-order valence-electron chi connectivity index (χ1n) is 6.16. The molecule has 1 aromatic carbocycles. The van der Waals surface area contributed by atoms with Gasteiger partial charge in [-0.25, -0.2) is 4.79 Å². The highest BCUT2D eigenvalue weighted by atomic mass is 32.2. The first-order valence-corrected chi connectivity index (χ1v) is 7.32. The van der Waals surface area contributed by atoms with E-state index in [1.807, 2.05) is 6.07 Å². The molecule has 6 nitrogen and oxygen atoms in total. The largest absolute Gasteiger partial charge is 0.485 e. The van der Waals surface area contributed by atoms with Gasteiger partial charge in [-0.1, -0.05) is 12.1 Å². The van der Waals surface area contributed by atoms with E-state index in [1.165, 1.54) is 16.7 Å². The lowest BCUT2D eigenvalue weighted by Gasteiger charge is -2.29. The third-order valence-electron chi connectivity index (χ3n) is 3.23. The monoisotopic (exact) mass is 295 g/mol. The topological polar surface area (TPSA) is 76.1 Å². The maximum Gasteiger partial charge on any atom is 0.327 e. The highest BCUT2D eigenvalue weighted by molar-refractivity contribution is 7.99. The number of benzene rings is 1. The number of hydrogen-bond acceptors (Lipinski definition) is 5. The number of rotatable bonds is 2. The molecule has 0 bridgehead atoms. The molecule has 0 spiro atoms. The Morgan fingerprint density at radius 1 is 1.30 bits per heavy atom. The molecule has 2 atom stereocenters. The molecule has 106 valence electrons. The van der Waals surface area contributed by atoms with E-state index >= 15 is 0 Å². The SMILES string of the molecule is O=C(O)C1CSCN1C(=O)C1COc2ccccc2O1. The molecule has 1 N–H and O–H groups in total. The van der Waals surface area contributed by atoms with Crippen molar-refractivity contribution < 1.29 is 24.2 Å². The van der Waals surface area contributed by atoms with Crippen molar-refractivity contribution in [3.63, 3.8) is 0 Å². The van der Waals surface area contributed by atoms with Gasteiger partial charge >= 0.3 is 5.97 Å². The van der Waals surface area contributed by atoms with Crippen LogP contribution in [0.3, 0.4) is 0 Å². The van der Waals surface area contributed by atoms with Gasteiger partial charge in [-0.05, 0) is 12.1 Å². The van der Waals surface area contributed by atoms with Crippen LogP contribution in [-0.4, -0.2) is 52.3 Å². The fraction of sp³-hybridized carbons (Fsp3) is 0.385. The van der Waals surface area contributed by atoms with Gasteiger partial charge in [0.25, 0.3) is 5.91 Å². The number of para-hydroxylation sites is 2. The number of carboxylic acid groups (broad SMARTS) is 1. The Bertz CT molecular complexity index is 549. The van der Waals surface area contributed by atoms with Crippen molar-refractivity contribution in [1.82, 2.24) is 4.90 Å². The summed E-state index contributed by atoms with van der Waals surface area (Å²) in [6.07, 6.45) is -0.787. The van der Waals surface area contributed by atoms with Gasteiger partial charge in [0.1, 0.15) is 12.6 Å². The van der Waals surface area contributed by atoms with E-state index in [0.717, 1.165) is 0 Å². The van der Waals surface area contributed by atoms with Crippen LogP contribution < -0.4 is 9.47 Å². The minimum atomic E-state index is -0.986. The van der Waals surface area contributed by atoms with E-state index < -0.39 is 18.1 Å². The van der Waals surface area contributed by atoms with Gasteiger partial charge < -0.3 is 19.5 Å². The number of aliphatic carboxylic acids is 1. The summed E-state index contributed by atoms with van der Waals surface area (Å²) < 4.78 is 11.1. The smallest absolute Gasteiger partial charge is 0.327 e. The van der Waals surface area contributed by atoms with Crippen molar-refractivity contribution >= 4 is 23.6 Å². The molecule has 2 aliphatic heterocycles. The molecule has 1 fully saturated rings. The summed E-state index contributed by atoms with van der Waals surface area (Å²) in [7, 11) is 0. The zero-order valence-electron chi connectivity index (χ0n) is 10.5. The predicted octanol–water partition coefficient (Wildman–Crippen LogP) is 0.812. The molecule has 1 amide bonds. The number of thioether (sulfide) groups is 1. The van der Waals surface area contributed by atoms with Gasteiger partial charge in [0.15, 0.2) is 11.5 Å². The molecular weight excluding hydrogens is 282 g/mol. The second-order valence-corrected chi connectivity index (χ2v) is 5.53.